The number of fused-ring (bicyclic) bond motifs is 2. The molecule has 0 radical (unpaired) electrons. The average molecular weight is 357 g/mol. The molecule has 4 unspecified atom stereocenters. The summed E-state index contributed by atoms with van der Waals surface area (Å²) in [5.41, 5.74) is -2.20. The number of halogens is 3. The van der Waals surface area contributed by atoms with Gasteiger partial charge in [-0.1, -0.05) is 19.9 Å². The van der Waals surface area contributed by atoms with Gasteiger partial charge in [0, 0.05) is 12.0 Å². The van der Waals surface area contributed by atoms with Crippen molar-refractivity contribution in [1.82, 2.24) is 0 Å². The lowest BCUT2D eigenvalue weighted by molar-refractivity contribution is -0.255. The summed E-state index contributed by atoms with van der Waals surface area (Å²) in [4.78, 5) is 11.1. The summed E-state index contributed by atoms with van der Waals surface area (Å²) in [6.07, 6.45) is -2.10. The topological polar surface area (TPSA) is 58.6 Å². The van der Waals surface area contributed by atoms with E-state index >= 15 is 0 Å². The molecule has 138 valence electrons. The molecule has 2 fully saturated rings. The molecular formula is C18H20F3O4-. The lowest BCUT2D eigenvalue weighted by Gasteiger charge is -2.41. The Morgan fingerprint density at radius 2 is 2.16 bits per heavy atom. The number of rotatable bonds is 5. The summed E-state index contributed by atoms with van der Waals surface area (Å²) >= 11 is 0. The minimum Gasteiger partial charge on any atom is -0.545 e. The zero-order valence-corrected chi connectivity index (χ0v) is 14.1. The van der Waals surface area contributed by atoms with Gasteiger partial charge < -0.3 is 19.4 Å². The Morgan fingerprint density at radius 3 is 2.64 bits per heavy atom. The summed E-state index contributed by atoms with van der Waals surface area (Å²) < 4.78 is 51.9. The summed E-state index contributed by atoms with van der Waals surface area (Å²) in [6, 6.07) is 2.53. The monoisotopic (exact) mass is 357 g/mol. The van der Waals surface area contributed by atoms with Crippen molar-refractivity contribution >= 4 is 5.97 Å². The zero-order chi connectivity index (χ0) is 18.4. The number of carbonyl (C=O) groups is 1. The first-order valence-corrected chi connectivity index (χ1v) is 8.44. The highest BCUT2D eigenvalue weighted by atomic mass is 19.4. The highest BCUT2D eigenvalue weighted by molar-refractivity contribution is 5.86. The van der Waals surface area contributed by atoms with E-state index in [2.05, 4.69) is 0 Å². The van der Waals surface area contributed by atoms with Crippen LogP contribution in [0.1, 0.15) is 55.5 Å². The Labute approximate surface area is 143 Å². The number of aromatic carboxylic acids is 1. The first-order valence-electron chi connectivity index (χ1n) is 8.44. The van der Waals surface area contributed by atoms with E-state index in [-0.39, 0.29) is 23.7 Å². The number of hydrogen-bond donors (Lipinski definition) is 0. The van der Waals surface area contributed by atoms with Crippen molar-refractivity contribution < 1.29 is 32.5 Å². The third-order valence-corrected chi connectivity index (χ3v) is 5.47. The van der Waals surface area contributed by atoms with Crippen molar-refractivity contribution in [3.05, 3.63) is 29.3 Å². The van der Waals surface area contributed by atoms with Crippen LogP contribution < -0.4 is 9.84 Å². The highest BCUT2D eigenvalue weighted by Crippen LogP contribution is 2.50. The van der Waals surface area contributed by atoms with Crippen LogP contribution in [0, 0.1) is 5.92 Å². The van der Waals surface area contributed by atoms with Gasteiger partial charge in [0.05, 0.1) is 23.7 Å². The molecule has 0 aliphatic carbocycles. The van der Waals surface area contributed by atoms with E-state index in [0.29, 0.717) is 12.8 Å². The summed E-state index contributed by atoms with van der Waals surface area (Å²) in [6.45, 7) is 3.88. The number of hydrogen-bond acceptors (Lipinski definition) is 4. The van der Waals surface area contributed by atoms with E-state index in [0.717, 1.165) is 31.0 Å². The van der Waals surface area contributed by atoms with Gasteiger partial charge in [-0.25, -0.2) is 0 Å². The lowest BCUT2D eigenvalue weighted by atomic mass is 9.75. The third-order valence-electron chi connectivity index (χ3n) is 5.47. The molecule has 2 saturated heterocycles. The standard InChI is InChI=1S/C18H21F3O4/c1-3-10(2)17(9-12-5-7-15(17)24-12)25-14-8-11(16(22)23)4-6-13(14)18(19,20)21/h4,6,8,10,12,15H,3,5,7,9H2,1-2H3,(H,22,23)/p-1. The molecular weight excluding hydrogens is 337 g/mol. The molecule has 3 rings (SSSR count). The summed E-state index contributed by atoms with van der Waals surface area (Å²) in [5.74, 6) is -2.04. The Morgan fingerprint density at radius 1 is 1.44 bits per heavy atom. The fourth-order valence-electron chi connectivity index (χ4n) is 3.95. The van der Waals surface area contributed by atoms with Crippen molar-refractivity contribution in [2.45, 2.75) is 63.5 Å². The van der Waals surface area contributed by atoms with Gasteiger partial charge in [-0.05, 0) is 37.3 Å². The maximum absolute atomic E-state index is 13.4. The average Bonchev–Trinajstić information content (AvgIpc) is 3.14. The molecule has 2 aliphatic rings. The smallest absolute Gasteiger partial charge is 0.419 e. The van der Waals surface area contributed by atoms with Gasteiger partial charge in [-0.15, -0.1) is 0 Å². The maximum atomic E-state index is 13.4. The van der Waals surface area contributed by atoms with Crippen LogP contribution in [0.3, 0.4) is 0 Å². The fourth-order valence-corrected chi connectivity index (χ4v) is 3.95. The van der Waals surface area contributed by atoms with Crippen LogP contribution in [0.15, 0.2) is 18.2 Å². The van der Waals surface area contributed by atoms with E-state index in [1.165, 1.54) is 0 Å². The molecule has 0 aromatic heterocycles. The van der Waals surface area contributed by atoms with Crippen molar-refractivity contribution in [2.24, 2.45) is 5.92 Å². The molecule has 1 aromatic carbocycles. The maximum Gasteiger partial charge on any atom is 0.419 e. The second-order valence-corrected chi connectivity index (χ2v) is 6.89. The van der Waals surface area contributed by atoms with Gasteiger partial charge in [0.25, 0.3) is 0 Å². The molecule has 25 heavy (non-hydrogen) atoms. The number of benzene rings is 1. The Hall–Kier alpha value is -1.76. The van der Waals surface area contributed by atoms with Crippen molar-refractivity contribution in [2.75, 3.05) is 0 Å². The van der Waals surface area contributed by atoms with Gasteiger partial charge in [0.15, 0.2) is 0 Å². The molecule has 0 amide bonds. The SMILES string of the molecule is CCC(C)C1(Oc2cc(C(=O)[O-])ccc2C(F)(F)F)CC2CCC1O2. The fraction of sp³-hybridized carbons (Fsp3) is 0.611. The second-order valence-electron chi connectivity index (χ2n) is 6.89. The van der Waals surface area contributed by atoms with Crippen molar-refractivity contribution in [3.8, 4) is 5.75 Å². The van der Waals surface area contributed by atoms with E-state index in [4.69, 9.17) is 9.47 Å². The molecule has 7 heteroatoms. The molecule has 4 nitrogen and oxygen atoms in total. The second kappa shape index (κ2) is 6.20. The van der Waals surface area contributed by atoms with Gasteiger partial charge in [-0.2, -0.15) is 13.2 Å². The third kappa shape index (κ3) is 3.10. The molecule has 2 bridgehead atoms. The number of alkyl halides is 3. The van der Waals surface area contributed by atoms with Gasteiger partial charge in [0.1, 0.15) is 11.4 Å². The van der Waals surface area contributed by atoms with E-state index in [9.17, 15) is 23.1 Å². The summed E-state index contributed by atoms with van der Waals surface area (Å²) in [7, 11) is 0. The van der Waals surface area contributed by atoms with Crippen LogP contribution in [-0.4, -0.2) is 23.8 Å². The number of carbonyl (C=O) groups excluding carboxylic acids is 1. The molecule has 4 atom stereocenters. The molecule has 0 N–H and O–H groups in total. The van der Waals surface area contributed by atoms with E-state index < -0.39 is 29.1 Å². The van der Waals surface area contributed by atoms with Gasteiger partial charge in [-0.3, -0.25) is 0 Å². The summed E-state index contributed by atoms with van der Waals surface area (Å²) in [5, 5.41) is 11.1. The molecule has 0 saturated carbocycles. The van der Waals surface area contributed by atoms with Gasteiger partial charge in [0.2, 0.25) is 0 Å². The normalized spacial score (nSPS) is 29.6. The van der Waals surface area contributed by atoms with Crippen LogP contribution in [0.4, 0.5) is 13.2 Å². The molecule has 2 aliphatic heterocycles. The minimum absolute atomic E-state index is 0.0161. The molecule has 1 aromatic rings. The molecule has 0 spiro atoms. The van der Waals surface area contributed by atoms with Crippen LogP contribution in [-0.2, 0) is 10.9 Å². The number of ether oxygens (including phenoxy) is 2. The van der Waals surface area contributed by atoms with Gasteiger partial charge >= 0.3 is 6.18 Å². The lowest BCUT2D eigenvalue weighted by Crippen LogP contribution is -2.51. The number of carboxylic acids is 1. The van der Waals surface area contributed by atoms with Crippen LogP contribution in [0.2, 0.25) is 0 Å². The Bertz CT molecular complexity index is 673. The Balaban J connectivity index is 2.05. The molecule has 2 heterocycles. The quantitative estimate of drug-likeness (QED) is 0.812. The first-order chi connectivity index (χ1) is 11.7. The van der Waals surface area contributed by atoms with Crippen molar-refractivity contribution in [1.29, 1.82) is 0 Å². The van der Waals surface area contributed by atoms with Crippen molar-refractivity contribution in [3.63, 3.8) is 0 Å². The predicted octanol–water partition coefficient (Wildman–Crippen LogP) is 3.18. The van der Waals surface area contributed by atoms with Crippen LogP contribution in [0.25, 0.3) is 0 Å². The van der Waals surface area contributed by atoms with Crippen LogP contribution in [0.5, 0.6) is 5.75 Å². The highest BCUT2D eigenvalue weighted by Gasteiger charge is 2.57. The van der Waals surface area contributed by atoms with E-state index in [1.54, 1.807) is 0 Å². The zero-order valence-electron chi connectivity index (χ0n) is 14.1. The van der Waals surface area contributed by atoms with E-state index in [1.807, 2.05) is 13.8 Å². The largest absolute Gasteiger partial charge is 0.545 e. The van der Waals surface area contributed by atoms with Crippen LogP contribution >= 0.6 is 0 Å². The minimum atomic E-state index is -4.64. The predicted molar refractivity (Wildman–Crippen MR) is 81.1 cm³/mol. The number of carboxylic acid groups (broad SMARTS) is 1. The first kappa shape index (κ1) is 18.0. The Kier molecular flexibility index (Phi) is 4.47.